The maximum Gasteiger partial charge on any atom is 0.471 e. The molecule has 0 amide bonds. The lowest BCUT2D eigenvalue weighted by atomic mass is 10.1. The summed E-state index contributed by atoms with van der Waals surface area (Å²) < 4.78 is 40.9. The molecule has 0 aliphatic rings. The van der Waals surface area contributed by atoms with Crippen LogP contribution in [0.3, 0.4) is 0 Å². The fourth-order valence-electron chi connectivity index (χ4n) is 1.37. The SMILES string of the molecule is FC(F)(F)c1nc(Cc2ccc(CBr)cc2)no1. The van der Waals surface area contributed by atoms with Crippen LogP contribution in [-0.4, -0.2) is 10.1 Å². The van der Waals surface area contributed by atoms with Gasteiger partial charge in [0, 0.05) is 11.8 Å². The first-order valence-corrected chi connectivity index (χ1v) is 6.15. The first kappa shape index (κ1) is 13.1. The van der Waals surface area contributed by atoms with E-state index in [0.717, 1.165) is 16.5 Å². The van der Waals surface area contributed by atoms with Gasteiger partial charge in [-0.25, -0.2) is 0 Å². The summed E-state index contributed by atoms with van der Waals surface area (Å²) in [5.74, 6) is -1.29. The Balaban J connectivity index is 2.11. The Morgan fingerprint density at radius 2 is 1.72 bits per heavy atom. The minimum atomic E-state index is -4.59. The summed E-state index contributed by atoms with van der Waals surface area (Å²) in [6.45, 7) is 0. The van der Waals surface area contributed by atoms with Gasteiger partial charge >= 0.3 is 12.1 Å². The van der Waals surface area contributed by atoms with Gasteiger partial charge in [-0.2, -0.15) is 18.2 Å². The highest BCUT2D eigenvalue weighted by atomic mass is 79.9. The molecule has 96 valence electrons. The average molecular weight is 321 g/mol. The Hall–Kier alpha value is -1.37. The zero-order chi connectivity index (χ0) is 13.2. The second kappa shape index (κ2) is 5.09. The number of aromatic nitrogens is 2. The molecule has 0 N–H and O–H groups in total. The van der Waals surface area contributed by atoms with Crippen LogP contribution < -0.4 is 0 Å². The van der Waals surface area contributed by atoms with Crippen LogP contribution in [0.1, 0.15) is 22.8 Å². The molecule has 0 aliphatic carbocycles. The molecule has 0 spiro atoms. The molecular weight excluding hydrogens is 313 g/mol. The standard InChI is InChI=1S/C11H8BrF3N2O/c12-6-8-3-1-7(2-4-8)5-9-16-10(18-17-9)11(13,14)15/h1-4H,5-6H2. The Kier molecular flexibility index (Phi) is 3.70. The summed E-state index contributed by atoms with van der Waals surface area (Å²) in [6, 6.07) is 7.41. The summed E-state index contributed by atoms with van der Waals surface area (Å²) >= 11 is 3.31. The molecule has 7 heteroatoms. The maximum absolute atomic E-state index is 12.2. The van der Waals surface area contributed by atoms with Crippen LogP contribution in [0, 0.1) is 0 Å². The summed E-state index contributed by atoms with van der Waals surface area (Å²) in [6.07, 6.45) is -4.38. The lowest BCUT2D eigenvalue weighted by molar-refractivity contribution is -0.159. The van der Waals surface area contributed by atoms with Gasteiger partial charge in [0.1, 0.15) is 0 Å². The van der Waals surface area contributed by atoms with Crippen LogP contribution in [0.2, 0.25) is 0 Å². The third-order valence-corrected chi connectivity index (χ3v) is 2.90. The lowest BCUT2D eigenvalue weighted by Crippen LogP contribution is -2.05. The molecule has 2 aromatic rings. The predicted octanol–water partition coefficient (Wildman–Crippen LogP) is 3.57. The van der Waals surface area contributed by atoms with Gasteiger partial charge in [-0.05, 0) is 11.1 Å². The molecule has 1 aromatic heterocycles. The second-order valence-corrected chi connectivity index (χ2v) is 4.20. The molecule has 0 unspecified atom stereocenters. The summed E-state index contributed by atoms with van der Waals surface area (Å²) in [7, 11) is 0. The van der Waals surface area contributed by atoms with Gasteiger partial charge in [-0.1, -0.05) is 45.4 Å². The molecule has 0 fully saturated rings. The van der Waals surface area contributed by atoms with Crippen molar-refractivity contribution >= 4 is 15.9 Å². The van der Waals surface area contributed by atoms with Crippen molar-refractivity contribution in [2.45, 2.75) is 17.9 Å². The van der Waals surface area contributed by atoms with Crippen molar-refractivity contribution in [2.75, 3.05) is 0 Å². The third-order valence-electron chi connectivity index (χ3n) is 2.25. The normalized spacial score (nSPS) is 11.8. The molecule has 1 aromatic carbocycles. The number of hydrogen-bond acceptors (Lipinski definition) is 3. The Labute approximate surface area is 109 Å². The summed E-state index contributed by atoms with van der Waals surface area (Å²) in [5, 5.41) is 4.04. The monoisotopic (exact) mass is 320 g/mol. The fourth-order valence-corrected chi connectivity index (χ4v) is 1.74. The number of benzene rings is 1. The van der Waals surface area contributed by atoms with Crippen molar-refractivity contribution in [1.29, 1.82) is 0 Å². The molecule has 2 rings (SSSR count). The van der Waals surface area contributed by atoms with Gasteiger partial charge in [0.05, 0.1) is 0 Å². The maximum atomic E-state index is 12.2. The van der Waals surface area contributed by atoms with Crippen LogP contribution >= 0.6 is 15.9 Å². The molecule has 3 nitrogen and oxygen atoms in total. The third kappa shape index (κ3) is 3.10. The van der Waals surface area contributed by atoms with E-state index in [9.17, 15) is 13.2 Å². The zero-order valence-electron chi connectivity index (χ0n) is 9.04. The van der Waals surface area contributed by atoms with Crippen LogP contribution in [0.5, 0.6) is 0 Å². The van der Waals surface area contributed by atoms with Crippen molar-refractivity contribution in [3.05, 3.63) is 47.1 Å². The van der Waals surface area contributed by atoms with E-state index < -0.39 is 12.1 Å². The number of halogens is 4. The highest BCUT2D eigenvalue weighted by Crippen LogP contribution is 2.27. The van der Waals surface area contributed by atoms with Crippen molar-refractivity contribution in [1.82, 2.24) is 10.1 Å². The van der Waals surface area contributed by atoms with E-state index in [4.69, 9.17) is 0 Å². The molecule has 0 saturated carbocycles. The van der Waals surface area contributed by atoms with E-state index in [-0.39, 0.29) is 12.2 Å². The van der Waals surface area contributed by atoms with Gasteiger partial charge in [0.2, 0.25) is 0 Å². The zero-order valence-corrected chi connectivity index (χ0v) is 10.6. The van der Waals surface area contributed by atoms with E-state index in [1.807, 2.05) is 24.3 Å². The number of rotatable bonds is 3. The van der Waals surface area contributed by atoms with Crippen molar-refractivity contribution in [3.63, 3.8) is 0 Å². The van der Waals surface area contributed by atoms with Crippen molar-refractivity contribution in [2.24, 2.45) is 0 Å². The molecule has 1 heterocycles. The smallest absolute Gasteiger partial charge is 0.329 e. The average Bonchev–Trinajstić information content (AvgIpc) is 2.78. The van der Waals surface area contributed by atoms with E-state index in [2.05, 4.69) is 30.6 Å². The van der Waals surface area contributed by atoms with E-state index in [0.29, 0.717) is 0 Å². The van der Waals surface area contributed by atoms with Gasteiger partial charge < -0.3 is 4.52 Å². The Morgan fingerprint density at radius 1 is 1.11 bits per heavy atom. The van der Waals surface area contributed by atoms with Gasteiger partial charge in [0.15, 0.2) is 5.82 Å². The summed E-state index contributed by atoms with van der Waals surface area (Å²) in [5.41, 5.74) is 1.91. The Morgan fingerprint density at radius 3 is 2.22 bits per heavy atom. The minimum Gasteiger partial charge on any atom is -0.329 e. The van der Waals surface area contributed by atoms with E-state index >= 15 is 0 Å². The molecule has 0 atom stereocenters. The summed E-state index contributed by atoms with van der Waals surface area (Å²) in [4.78, 5) is 3.31. The predicted molar refractivity (Wildman–Crippen MR) is 61.2 cm³/mol. The largest absolute Gasteiger partial charge is 0.471 e. The number of hydrogen-bond donors (Lipinski definition) is 0. The molecule has 0 aliphatic heterocycles. The van der Waals surface area contributed by atoms with Gasteiger partial charge in [0.25, 0.3) is 0 Å². The number of alkyl halides is 4. The van der Waals surface area contributed by atoms with E-state index in [1.54, 1.807) is 0 Å². The highest BCUT2D eigenvalue weighted by Gasteiger charge is 2.38. The number of nitrogens with zero attached hydrogens (tertiary/aromatic N) is 2. The molecule has 18 heavy (non-hydrogen) atoms. The molecule has 0 bridgehead atoms. The van der Waals surface area contributed by atoms with E-state index in [1.165, 1.54) is 0 Å². The van der Waals surface area contributed by atoms with Gasteiger partial charge in [-0.3, -0.25) is 0 Å². The Bertz CT molecular complexity index is 522. The quantitative estimate of drug-likeness (QED) is 0.811. The molecule has 0 saturated heterocycles. The topological polar surface area (TPSA) is 38.9 Å². The molecule has 0 radical (unpaired) electrons. The molecular formula is C11H8BrF3N2O. The second-order valence-electron chi connectivity index (χ2n) is 3.64. The lowest BCUT2D eigenvalue weighted by Gasteiger charge is -1.99. The van der Waals surface area contributed by atoms with Crippen molar-refractivity contribution < 1.29 is 17.7 Å². The van der Waals surface area contributed by atoms with Crippen LogP contribution in [0.15, 0.2) is 28.8 Å². The highest BCUT2D eigenvalue weighted by molar-refractivity contribution is 9.08. The first-order valence-electron chi connectivity index (χ1n) is 5.02. The van der Waals surface area contributed by atoms with Crippen LogP contribution in [-0.2, 0) is 17.9 Å². The minimum absolute atomic E-state index is 0.0221. The van der Waals surface area contributed by atoms with Crippen LogP contribution in [0.25, 0.3) is 0 Å². The van der Waals surface area contributed by atoms with Crippen LogP contribution in [0.4, 0.5) is 13.2 Å². The fraction of sp³-hybridized carbons (Fsp3) is 0.273. The first-order chi connectivity index (χ1) is 8.49. The van der Waals surface area contributed by atoms with Crippen molar-refractivity contribution in [3.8, 4) is 0 Å². The van der Waals surface area contributed by atoms with Gasteiger partial charge in [-0.15, -0.1) is 0 Å².